The molecule has 15 heavy (non-hydrogen) atoms. The van der Waals surface area contributed by atoms with E-state index in [1.165, 1.54) is 0 Å². The van der Waals surface area contributed by atoms with Gasteiger partial charge in [0.2, 0.25) is 5.91 Å². The van der Waals surface area contributed by atoms with Gasteiger partial charge in [0.05, 0.1) is 6.04 Å². The van der Waals surface area contributed by atoms with Crippen molar-refractivity contribution in [1.29, 1.82) is 0 Å². The molecule has 3 N–H and O–H groups in total. The van der Waals surface area contributed by atoms with E-state index in [2.05, 4.69) is 0 Å². The van der Waals surface area contributed by atoms with Crippen molar-refractivity contribution in [2.45, 2.75) is 32.2 Å². The van der Waals surface area contributed by atoms with E-state index in [9.17, 15) is 4.79 Å². The molecule has 0 aromatic carbocycles. The van der Waals surface area contributed by atoms with Gasteiger partial charge in [-0.3, -0.25) is 4.79 Å². The van der Waals surface area contributed by atoms with E-state index in [0.29, 0.717) is 17.9 Å². The van der Waals surface area contributed by atoms with Crippen molar-refractivity contribution < 1.29 is 9.90 Å². The van der Waals surface area contributed by atoms with Gasteiger partial charge in [0.25, 0.3) is 0 Å². The molecular weight excluding hydrogens is 192 g/mol. The van der Waals surface area contributed by atoms with E-state index in [1.807, 2.05) is 4.90 Å². The highest BCUT2D eigenvalue weighted by molar-refractivity contribution is 5.81. The number of hydrogen-bond donors (Lipinski definition) is 2. The number of rotatable bonds is 2. The maximum absolute atomic E-state index is 11.7. The molecule has 1 amide bonds. The summed E-state index contributed by atoms with van der Waals surface area (Å²) in [5.41, 5.74) is 5.90. The van der Waals surface area contributed by atoms with Crippen molar-refractivity contribution in [3.8, 4) is 0 Å². The number of nitrogens with zero attached hydrogens (tertiary/aromatic N) is 1. The van der Waals surface area contributed by atoms with Gasteiger partial charge in [-0.05, 0) is 37.5 Å². The summed E-state index contributed by atoms with van der Waals surface area (Å²) in [6, 6.07) is -0.381. The van der Waals surface area contributed by atoms with E-state index in [4.69, 9.17) is 10.8 Å². The second-order valence-electron chi connectivity index (χ2n) is 5.26. The molecule has 0 radical (unpaired) electrons. The number of carbonyl (C=O) groups is 1. The predicted octanol–water partition coefficient (Wildman–Crippen LogP) is -0.0454. The Morgan fingerprint density at radius 3 is 2.87 bits per heavy atom. The molecule has 4 heteroatoms. The molecule has 2 rings (SSSR count). The van der Waals surface area contributed by atoms with Crippen LogP contribution >= 0.6 is 0 Å². The number of carbonyl (C=O) groups excluding carboxylic acids is 1. The van der Waals surface area contributed by atoms with E-state index < -0.39 is 0 Å². The Morgan fingerprint density at radius 2 is 2.33 bits per heavy atom. The molecule has 1 atom stereocenters. The maximum Gasteiger partial charge on any atom is 0.239 e. The smallest absolute Gasteiger partial charge is 0.239 e. The predicted molar refractivity (Wildman–Crippen MR) is 57.1 cm³/mol. The van der Waals surface area contributed by atoms with Crippen LogP contribution in [0.4, 0.5) is 0 Å². The summed E-state index contributed by atoms with van der Waals surface area (Å²) in [6.07, 6.45) is 3.24. The Labute approximate surface area is 90.4 Å². The molecule has 1 aliphatic carbocycles. The fraction of sp³-hybridized carbons (Fsp3) is 0.909. The van der Waals surface area contributed by atoms with E-state index in [1.54, 1.807) is 6.92 Å². The summed E-state index contributed by atoms with van der Waals surface area (Å²) in [4.78, 5) is 13.6. The second kappa shape index (κ2) is 3.76. The Morgan fingerprint density at radius 1 is 1.67 bits per heavy atom. The molecule has 1 aliphatic heterocycles. The average molecular weight is 212 g/mol. The van der Waals surface area contributed by atoms with E-state index in [-0.39, 0.29) is 11.9 Å². The summed E-state index contributed by atoms with van der Waals surface area (Å²) < 4.78 is 0. The lowest BCUT2D eigenvalue weighted by molar-refractivity contribution is -0.132. The lowest BCUT2D eigenvalue weighted by Crippen LogP contribution is -2.45. The molecule has 1 heterocycles. The van der Waals surface area contributed by atoms with Crippen LogP contribution in [0.25, 0.3) is 0 Å². The van der Waals surface area contributed by atoms with Gasteiger partial charge in [-0.2, -0.15) is 0 Å². The number of nitrogens with two attached hydrogens (primary N) is 1. The van der Waals surface area contributed by atoms with Crippen LogP contribution in [-0.2, 0) is 4.79 Å². The van der Waals surface area contributed by atoms with Crippen LogP contribution in [0.5, 0.6) is 0 Å². The lowest BCUT2D eigenvalue weighted by Gasteiger charge is -2.44. The van der Waals surface area contributed by atoms with Crippen molar-refractivity contribution in [1.82, 2.24) is 4.90 Å². The molecule has 1 saturated carbocycles. The van der Waals surface area contributed by atoms with Crippen molar-refractivity contribution in [2.75, 3.05) is 19.7 Å². The van der Waals surface area contributed by atoms with Gasteiger partial charge < -0.3 is 15.7 Å². The summed E-state index contributed by atoms with van der Waals surface area (Å²) in [5.74, 6) is 0.537. The normalized spacial score (nSPS) is 36.7. The average Bonchev–Trinajstić information content (AvgIpc) is 2.58. The van der Waals surface area contributed by atoms with Crippen LogP contribution in [0.1, 0.15) is 26.2 Å². The van der Waals surface area contributed by atoms with Crippen molar-refractivity contribution in [3.63, 3.8) is 0 Å². The highest BCUT2D eigenvalue weighted by Gasteiger charge is 2.49. The third kappa shape index (κ3) is 1.88. The van der Waals surface area contributed by atoms with Crippen molar-refractivity contribution in [3.05, 3.63) is 0 Å². The Kier molecular flexibility index (Phi) is 2.73. The molecule has 2 aliphatic rings. The van der Waals surface area contributed by atoms with Crippen LogP contribution < -0.4 is 5.73 Å². The number of amides is 1. The zero-order valence-corrected chi connectivity index (χ0v) is 9.28. The second-order valence-corrected chi connectivity index (χ2v) is 5.26. The Bertz CT molecular complexity index is 259. The molecule has 4 nitrogen and oxygen atoms in total. The highest BCUT2D eigenvalue weighted by atomic mass is 16.3. The first-order valence-corrected chi connectivity index (χ1v) is 5.71. The first kappa shape index (κ1) is 10.9. The minimum Gasteiger partial charge on any atom is -0.396 e. The SMILES string of the molecule is CC(N)C(=O)N1CCC2(CC(CO)C2)C1. The zero-order valence-electron chi connectivity index (χ0n) is 9.28. The standard InChI is InChI=1S/C11H20N2O2/c1-8(12)10(15)13-3-2-11(7-13)4-9(5-11)6-14/h8-9,14H,2-7,12H2,1H3. The van der Waals surface area contributed by atoms with Crippen LogP contribution in [0, 0.1) is 11.3 Å². The summed E-state index contributed by atoms with van der Waals surface area (Å²) >= 11 is 0. The minimum absolute atomic E-state index is 0.0688. The third-order valence-electron chi connectivity index (χ3n) is 3.84. The summed E-state index contributed by atoms with van der Waals surface area (Å²) in [7, 11) is 0. The monoisotopic (exact) mass is 212 g/mol. The minimum atomic E-state index is -0.381. The van der Waals surface area contributed by atoms with Crippen molar-refractivity contribution >= 4 is 5.91 Å². The molecule has 0 aromatic rings. The number of hydrogen-bond acceptors (Lipinski definition) is 3. The summed E-state index contributed by atoms with van der Waals surface area (Å²) in [5, 5.41) is 8.99. The fourth-order valence-electron chi connectivity index (χ4n) is 3.04. The molecule has 1 unspecified atom stereocenters. The maximum atomic E-state index is 11.7. The molecule has 1 spiro atoms. The fourth-order valence-corrected chi connectivity index (χ4v) is 3.04. The highest BCUT2D eigenvalue weighted by Crippen LogP contribution is 2.51. The lowest BCUT2D eigenvalue weighted by atomic mass is 9.62. The molecular formula is C11H20N2O2. The van der Waals surface area contributed by atoms with Crippen LogP contribution in [0.15, 0.2) is 0 Å². The molecule has 0 bridgehead atoms. The van der Waals surface area contributed by atoms with Gasteiger partial charge in [-0.25, -0.2) is 0 Å². The van der Waals surface area contributed by atoms with Crippen molar-refractivity contribution in [2.24, 2.45) is 17.1 Å². The number of aliphatic hydroxyl groups excluding tert-OH is 1. The van der Waals surface area contributed by atoms with Crippen LogP contribution in [0.3, 0.4) is 0 Å². The molecule has 2 fully saturated rings. The van der Waals surface area contributed by atoms with Crippen LogP contribution in [-0.4, -0.2) is 41.7 Å². The first-order valence-electron chi connectivity index (χ1n) is 5.71. The Balaban J connectivity index is 1.88. The van der Waals surface area contributed by atoms with Gasteiger partial charge in [0, 0.05) is 19.7 Å². The van der Waals surface area contributed by atoms with E-state index in [0.717, 1.165) is 32.4 Å². The van der Waals surface area contributed by atoms with Gasteiger partial charge in [0.1, 0.15) is 0 Å². The van der Waals surface area contributed by atoms with Gasteiger partial charge in [0.15, 0.2) is 0 Å². The number of likely N-dealkylation sites (tertiary alicyclic amines) is 1. The first-order chi connectivity index (χ1) is 7.06. The largest absolute Gasteiger partial charge is 0.396 e. The van der Waals surface area contributed by atoms with E-state index >= 15 is 0 Å². The molecule has 86 valence electrons. The summed E-state index contributed by atoms with van der Waals surface area (Å²) in [6.45, 7) is 3.73. The quantitative estimate of drug-likeness (QED) is 0.674. The number of aliphatic hydroxyl groups is 1. The van der Waals surface area contributed by atoms with Gasteiger partial charge in [-0.15, -0.1) is 0 Å². The Hall–Kier alpha value is -0.610. The topological polar surface area (TPSA) is 66.6 Å². The third-order valence-corrected chi connectivity index (χ3v) is 3.84. The van der Waals surface area contributed by atoms with Crippen LogP contribution in [0.2, 0.25) is 0 Å². The van der Waals surface area contributed by atoms with Gasteiger partial charge >= 0.3 is 0 Å². The molecule has 0 aromatic heterocycles. The molecule has 1 saturated heterocycles. The zero-order chi connectivity index (χ0) is 11.1. The van der Waals surface area contributed by atoms with Gasteiger partial charge in [-0.1, -0.05) is 0 Å².